The number of carboxylic acids is 2. The minimum absolute atomic E-state index is 0.0213. The smallest absolute Gasteiger partial charge is 0.352 e. The Kier molecular flexibility index (Phi) is 7.93. The van der Waals surface area contributed by atoms with Crippen molar-refractivity contribution in [3.63, 3.8) is 0 Å². The van der Waals surface area contributed by atoms with Gasteiger partial charge in [0.1, 0.15) is 28.6 Å². The average Bonchev–Trinajstić information content (AvgIpc) is 3.54. The van der Waals surface area contributed by atoms with Crippen molar-refractivity contribution in [1.29, 1.82) is 0 Å². The van der Waals surface area contributed by atoms with Crippen LogP contribution in [0.15, 0.2) is 39.4 Å². The van der Waals surface area contributed by atoms with Gasteiger partial charge in [0.15, 0.2) is 10.8 Å². The van der Waals surface area contributed by atoms with E-state index in [1.54, 1.807) is 28.5 Å². The highest BCUT2D eigenvalue weighted by molar-refractivity contribution is 8.01. The molecule has 3 atom stereocenters. The molecule has 220 valence electrons. The van der Waals surface area contributed by atoms with Crippen LogP contribution in [0.2, 0.25) is 0 Å². The van der Waals surface area contributed by atoms with E-state index in [-0.39, 0.29) is 39.6 Å². The number of thioether (sulfide) groups is 2. The minimum atomic E-state index is -1.37. The predicted molar refractivity (Wildman–Crippen MR) is 150 cm³/mol. The number of nitrogens with zero attached hydrogens (tertiary/aromatic N) is 7. The van der Waals surface area contributed by atoms with Crippen LogP contribution in [-0.4, -0.2) is 93.2 Å². The van der Waals surface area contributed by atoms with Gasteiger partial charge in [0.25, 0.3) is 28.9 Å². The van der Waals surface area contributed by atoms with Crippen molar-refractivity contribution in [1.82, 2.24) is 29.8 Å². The summed E-state index contributed by atoms with van der Waals surface area (Å²) in [6, 6.07) is 0.578. The third-order valence-corrected chi connectivity index (χ3v) is 9.17. The van der Waals surface area contributed by atoms with Gasteiger partial charge in [-0.2, -0.15) is 4.98 Å². The number of nitrogens with one attached hydrogen (secondary N) is 1. The van der Waals surface area contributed by atoms with Crippen molar-refractivity contribution in [3.05, 3.63) is 34.7 Å². The summed E-state index contributed by atoms with van der Waals surface area (Å²) in [5, 5.41) is 30.9. The molecule has 20 heteroatoms. The van der Waals surface area contributed by atoms with Crippen molar-refractivity contribution in [2.45, 2.75) is 29.6 Å². The van der Waals surface area contributed by atoms with E-state index in [0.717, 1.165) is 16.2 Å². The molecular formula is C22H23N10O7S3+. The molecule has 0 saturated carbocycles. The van der Waals surface area contributed by atoms with Gasteiger partial charge in [-0.15, -0.1) is 23.1 Å². The van der Waals surface area contributed by atoms with E-state index in [1.807, 2.05) is 0 Å². The molecule has 5 heterocycles. The molecule has 0 bridgehead atoms. The highest BCUT2D eigenvalue weighted by Gasteiger charge is 2.54. The summed E-state index contributed by atoms with van der Waals surface area (Å²) in [4.78, 5) is 64.1. The molecule has 0 spiro atoms. The molecule has 7 N–H and O–H groups in total. The molecule has 5 rings (SSSR count). The lowest BCUT2D eigenvalue weighted by molar-refractivity contribution is -0.646. The number of carbonyl (C=O) groups is 4. The zero-order valence-electron chi connectivity index (χ0n) is 21.8. The van der Waals surface area contributed by atoms with Gasteiger partial charge in [-0.05, 0) is 17.0 Å². The Hall–Kier alpha value is -4.43. The number of β-lactam (4-membered cyclic amide) rings is 1. The number of thiazole rings is 1. The number of oxime groups is 1. The number of rotatable bonds is 10. The van der Waals surface area contributed by atoms with Crippen LogP contribution >= 0.6 is 34.9 Å². The standard InChI is InChI=1S/C22H22N10O7S3/c1-8(19(35)36)39-29-13(10-6-41-21(24)26-10)16(33)28-14-17(34)31-15(20(37)38)9(4-40-18(14)31)5-42-22-27-11(23)3-12-30(2)7-25-32(12)22/h3,6-8,14,18,23H,4-5H2,1-2H3,(H5,24,26,28,33,35,36,37,38)/p+1/b29-13-/t8-,14?,18+/m1/s1. The largest absolute Gasteiger partial charge is 0.478 e. The predicted octanol–water partition coefficient (Wildman–Crippen LogP) is -1.10. The van der Waals surface area contributed by atoms with Gasteiger partial charge in [-0.25, -0.2) is 19.1 Å². The molecule has 42 heavy (non-hydrogen) atoms. The molecule has 1 saturated heterocycles. The number of nitrogens with two attached hydrogens (primary N) is 2. The zero-order valence-corrected chi connectivity index (χ0v) is 24.3. The van der Waals surface area contributed by atoms with E-state index in [2.05, 4.69) is 25.5 Å². The molecule has 2 amide bonds. The fourth-order valence-electron chi connectivity index (χ4n) is 4.06. The molecule has 3 aromatic heterocycles. The zero-order chi connectivity index (χ0) is 30.3. The Morgan fingerprint density at radius 2 is 2.10 bits per heavy atom. The van der Waals surface area contributed by atoms with Crippen LogP contribution < -0.4 is 21.4 Å². The molecule has 3 aromatic rings. The van der Waals surface area contributed by atoms with Gasteiger partial charge in [-0.1, -0.05) is 16.9 Å². The molecule has 0 aromatic carbocycles. The molecule has 1 fully saturated rings. The number of nitrogen functional groups attached to an aromatic ring is 2. The van der Waals surface area contributed by atoms with Crippen LogP contribution in [0.25, 0.3) is 5.65 Å². The second-order valence-electron chi connectivity index (χ2n) is 8.98. The number of anilines is 2. The number of aliphatic carboxylic acids is 2. The topological polar surface area (TPSA) is 245 Å². The number of hydrogen-bond acceptors (Lipinski definition) is 14. The van der Waals surface area contributed by atoms with Crippen molar-refractivity contribution in [2.75, 3.05) is 23.0 Å². The summed E-state index contributed by atoms with van der Waals surface area (Å²) >= 11 is 3.52. The first-order chi connectivity index (χ1) is 20.0. The lowest BCUT2D eigenvalue weighted by Gasteiger charge is -2.49. The van der Waals surface area contributed by atoms with E-state index < -0.39 is 41.3 Å². The molecule has 0 aliphatic carbocycles. The van der Waals surface area contributed by atoms with Gasteiger partial charge in [0, 0.05) is 22.0 Å². The van der Waals surface area contributed by atoms with E-state index >= 15 is 0 Å². The minimum Gasteiger partial charge on any atom is -0.478 e. The fraction of sp³-hybridized carbons (Fsp3) is 0.318. The first-order valence-electron chi connectivity index (χ1n) is 12.0. The molecule has 1 unspecified atom stereocenters. The van der Waals surface area contributed by atoms with Crippen molar-refractivity contribution in [2.24, 2.45) is 12.2 Å². The Balaban J connectivity index is 1.34. The number of carbonyl (C=O) groups excluding carboxylic acids is 2. The summed E-state index contributed by atoms with van der Waals surface area (Å²) in [6.07, 6.45) is 0.224. The summed E-state index contributed by atoms with van der Waals surface area (Å²) in [5.41, 5.74) is 12.2. The maximum Gasteiger partial charge on any atom is 0.352 e. The van der Waals surface area contributed by atoms with Crippen molar-refractivity contribution < 1.29 is 38.8 Å². The Labute approximate surface area is 248 Å². The second kappa shape index (κ2) is 11.4. The first-order valence-corrected chi connectivity index (χ1v) is 14.9. The third-order valence-electron chi connectivity index (χ3n) is 6.14. The van der Waals surface area contributed by atoms with Gasteiger partial charge in [-0.3, -0.25) is 14.5 Å². The van der Waals surface area contributed by atoms with Crippen LogP contribution in [0.3, 0.4) is 0 Å². The lowest BCUT2D eigenvalue weighted by atomic mass is 10.0. The van der Waals surface area contributed by atoms with Crippen LogP contribution in [0, 0.1) is 0 Å². The Morgan fingerprint density at radius 1 is 1.33 bits per heavy atom. The molecular weight excluding hydrogens is 613 g/mol. The van der Waals surface area contributed by atoms with E-state index in [1.165, 1.54) is 35.8 Å². The Morgan fingerprint density at radius 3 is 2.76 bits per heavy atom. The molecule has 2 aliphatic rings. The van der Waals surface area contributed by atoms with Crippen LogP contribution in [-0.2, 0) is 31.1 Å². The van der Waals surface area contributed by atoms with E-state index in [4.69, 9.17) is 21.4 Å². The summed E-state index contributed by atoms with van der Waals surface area (Å²) in [5.74, 6) is -3.38. The van der Waals surface area contributed by atoms with E-state index in [0.29, 0.717) is 16.4 Å². The van der Waals surface area contributed by atoms with Gasteiger partial charge in [0.05, 0.1) is 13.1 Å². The summed E-state index contributed by atoms with van der Waals surface area (Å²) in [6.45, 7) is 1.22. The van der Waals surface area contributed by atoms with Crippen LogP contribution in [0.5, 0.6) is 0 Å². The lowest BCUT2D eigenvalue weighted by Crippen LogP contribution is -2.71. The fourth-order valence-corrected chi connectivity index (χ4v) is 7.05. The Bertz CT molecular complexity index is 1690. The van der Waals surface area contributed by atoms with Gasteiger partial charge >= 0.3 is 11.9 Å². The molecule has 17 nitrogen and oxygen atoms in total. The highest BCUT2D eigenvalue weighted by atomic mass is 32.2. The summed E-state index contributed by atoms with van der Waals surface area (Å²) < 4.78 is 3.34. The SMILES string of the molecule is C[C@@H](O/N=C(\C(=O)NC1C(=O)N2C(C(=O)O)=C(CSc3nc(N)cc4n3nc[n+]4C)CS[C@@H]12)c1csc(N)n1)C(=O)O. The number of carboxylic acid groups (broad SMARTS) is 2. The molecule has 2 aliphatic heterocycles. The van der Waals surface area contributed by atoms with Gasteiger partial charge in [0.2, 0.25) is 6.10 Å². The maximum atomic E-state index is 13.2. The van der Waals surface area contributed by atoms with Crippen LogP contribution in [0.4, 0.5) is 10.9 Å². The number of amides is 2. The average molecular weight is 636 g/mol. The van der Waals surface area contributed by atoms with Crippen molar-refractivity contribution in [3.8, 4) is 0 Å². The monoisotopic (exact) mass is 635 g/mol. The van der Waals surface area contributed by atoms with Crippen LogP contribution in [0.1, 0.15) is 12.6 Å². The highest BCUT2D eigenvalue weighted by Crippen LogP contribution is 2.41. The van der Waals surface area contributed by atoms with Gasteiger partial charge < -0.3 is 31.8 Å². The normalized spacial score (nSPS) is 19.3. The third kappa shape index (κ3) is 5.42. The number of aromatic nitrogens is 5. The second-order valence-corrected chi connectivity index (χ2v) is 11.9. The van der Waals surface area contributed by atoms with E-state index in [9.17, 15) is 24.3 Å². The number of fused-ring (bicyclic) bond motifs is 2. The number of aryl methyl sites for hydroxylation is 1. The maximum absolute atomic E-state index is 13.2. The molecule has 0 radical (unpaired) electrons. The first kappa shape index (κ1) is 29.1. The summed E-state index contributed by atoms with van der Waals surface area (Å²) in [7, 11) is 1.80. The number of hydrogen-bond donors (Lipinski definition) is 5. The quantitative estimate of drug-likeness (QED) is 0.0443. The van der Waals surface area contributed by atoms with Crippen molar-refractivity contribution >= 4 is 80.9 Å².